The Morgan fingerprint density at radius 3 is 2.47 bits per heavy atom. The summed E-state index contributed by atoms with van der Waals surface area (Å²) in [4.78, 5) is 0. The third kappa shape index (κ3) is 3.14. The first-order chi connectivity index (χ1) is 8.15. The maximum Gasteiger partial charge on any atom is 0.159 e. The molecule has 17 heavy (non-hydrogen) atoms. The molecule has 4 heteroatoms. The molecule has 0 atom stereocenters. The van der Waals surface area contributed by atoms with Crippen molar-refractivity contribution in [2.45, 2.75) is 13.1 Å². The van der Waals surface area contributed by atoms with Gasteiger partial charge in [-0.3, -0.25) is 0 Å². The van der Waals surface area contributed by atoms with E-state index in [1.807, 2.05) is 30.1 Å². The quantitative estimate of drug-likeness (QED) is 0.863. The molecule has 0 saturated carbocycles. The SMILES string of the molecule is Cn1ccc(CNCc2ccc(F)c(F)c2)c1. The normalized spacial score (nSPS) is 10.8. The van der Waals surface area contributed by atoms with Crippen molar-refractivity contribution in [1.29, 1.82) is 0 Å². The molecule has 0 spiro atoms. The molecule has 0 aliphatic heterocycles. The van der Waals surface area contributed by atoms with Gasteiger partial charge in [-0.05, 0) is 29.3 Å². The van der Waals surface area contributed by atoms with Gasteiger partial charge < -0.3 is 9.88 Å². The molecule has 1 aromatic heterocycles. The van der Waals surface area contributed by atoms with Crippen molar-refractivity contribution in [3.8, 4) is 0 Å². The molecule has 90 valence electrons. The number of hydrogen-bond donors (Lipinski definition) is 1. The van der Waals surface area contributed by atoms with E-state index in [1.165, 1.54) is 6.07 Å². The Morgan fingerprint density at radius 2 is 1.82 bits per heavy atom. The molecule has 0 aliphatic rings. The van der Waals surface area contributed by atoms with Gasteiger partial charge in [0.15, 0.2) is 11.6 Å². The van der Waals surface area contributed by atoms with Crippen molar-refractivity contribution in [3.63, 3.8) is 0 Å². The summed E-state index contributed by atoms with van der Waals surface area (Å²) in [5.74, 6) is -1.61. The van der Waals surface area contributed by atoms with Crippen LogP contribution in [-0.2, 0) is 20.1 Å². The molecule has 0 amide bonds. The van der Waals surface area contributed by atoms with Gasteiger partial charge >= 0.3 is 0 Å². The van der Waals surface area contributed by atoms with Gasteiger partial charge in [0.1, 0.15) is 0 Å². The number of nitrogens with one attached hydrogen (secondary N) is 1. The maximum atomic E-state index is 12.9. The lowest BCUT2D eigenvalue weighted by Crippen LogP contribution is -2.12. The molecule has 0 radical (unpaired) electrons. The summed E-state index contributed by atoms with van der Waals surface area (Å²) < 4.78 is 27.6. The molecule has 1 N–H and O–H groups in total. The average molecular weight is 236 g/mol. The molecule has 2 aromatic rings. The fourth-order valence-corrected chi connectivity index (χ4v) is 1.67. The van der Waals surface area contributed by atoms with Crippen LogP contribution in [-0.4, -0.2) is 4.57 Å². The second-order valence-corrected chi connectivity index (χ2v) is 4.04. The second kappa shape index (κ2) is 5.10. The van der Waals surface area contributed by atoms with Crippen LogP contribution in [0.5, 0.6) is 0 Å². The number of hydrogen-bond acceptors (Lipinski definition) is 1. The van der Waals surface area contributed by atoms with Crippen LogP contribution in [0.2, 0.25) is 0 Å². The lowest BCUT2D eigenvalue weighted by molar-refractivity contribution is 0.506. The fourth-order valence-electron chi connectivity index (χ4n) is 1.67. The minimum atomic E-state index is -0.809. The summed E-state index contributed by atoms with van der Waals surface area (Å²) in [7, 11) is 1.96. The lowest BCUT2D eigenvalue weighted by atomic mass is 10.2. The fraction of sp³-hybridized carbons (Fsp3) is 0.231. The van der Waals surface area contributed by atoms with Gasteiger partial charge in [0.2, 0.25) is 0 Å². The standard InChI is InChI=1S/C13H14F2N2/c1-17-5-4-11(9-17)8-16-7-10-2-3-12(14)13(15)6-10/h2-6,9,16H,7-8H2,1H3. The highest BCUT2D eigenvalue weighted by Gasteiger charge is 2.02. The van der Waals surface area contributed by atoms with Crippen LogP contribution in [0.1, 0.15) is 11.1 Å². The molecule has 0 aliphatic carbocycles. The molecular weight excluding hydrogens is 222 g/mol. The Morgan fingerprint density at radius 1 is 1.06 bits per heavy atom. The Kier molecular flexibility index (Phi) is 3.54. The number of benzene rings is 1. The Balaban J connectivity index is 1.87. The summed E-state index contributed by atoms with van der Waals surface area (Å²) >= 11 is 0. The van der Waals surface area contributed by atoms with E-state index in [2.05, 4.69) is 5.32 Å². The van der Waals surface area contributed by atoms with Crippen LogP contribution in [0.25, 0.3) is 0 Å². The van der Waals surface area contributed by atoms with Crippen molar-refractivity contribution in [2.24, 2.45) is 7.05 Å². The number of rotatable bonds is 4. The smallest absolute Gasteiger partial charge is 0.159 e. The monoisotopic (exact) mass is 236 g/mol. The van der Waals surface area contributed by atoms with Gasteiger partial charge in [0.05, 0.1) is 0 Å². The average Bonchev–Trinajstić information content (AvgIpc) is 2.70. The van der Waals surface area contributed by atoms with Crippen LogP contribution in [0, 0.1) is 11.6 Å². The van der Waals surface area contributed by atoms with Crippen molar-refractivity contribution in [3.05, 3.63) is 59.4 Å². The molecule has 2 nitrogen and oxygen atoms in total. The summed E-state index contributed by atoms with van der Waals surface area (Å²) in [6, 6.07) is 5.96. The molecule has 0 bridgehead atoms. The zero-order valence-electron chi connectivity index (χ0n) is 9.58. The van der Waals surface area contributed by atoms with Gasteiger partial charge in [-0.1, -0.05) is 6.07 Å². The first-order valence-corrected chi connectivity index (χ1v) is 5.40. The van der Waals surface area contributed by atoms with E-state index in [0.29, 0.717) is 13.1 Å². The molecule has 0 fully saturated rings. The molecule has 0 unspecified atom stereocenters. The second-order valence-electron chi connectivity index (χ2n) is 4.04. The molecular formula is C13H14F2N2. The zero-order valence-corrected chi connectivity index (χ0v) is 9.58. The first-order valence-electron chi connectivity index (χ1n) is 5.40. The van der Waals surface area contributed by atoms with E-state index in [1.54, 1.807) is 6.07 Å². The minimum absolute atomic E-state index is 0.520. The van der Waals surface area contributed by atoms with Crippen molar-refractivity contribution >= 4 is 0 Å². The van der Waals surface area contributed by atoms with E-state index < -0.39 is 11.6 Å². The van der Waals surface area contributed by atoms with E-state index in [0.717, 1.165) is 17.2 Å². The molecule has 1 aromatic carbocycles. The summed E-state index contributed by atoms with van der Waals surface area (Å²) in [6.07, 6.45) is 3.98. The van der Waals surface area contributed by atoms with E-state index in [4.69, 9.17) is 0 Å². The zero-order chi connectivity index (χ0) is 12.3. The largest absolute Gasteiger partial charge is 0.357 e. The predicted molar refractivity (Wildman–Crippen MR) is 62.3 cm³/mol. The molecule has 2 rings (SSSR count). The van der Waals surface area contributed by atoms with Crippen LogP contribution in [0.15, 0.2) is 36.7 Å². The Labute approximate surface area is 98.9 Å². The Bertz CT molecular complexity index is 506. The van der Waals surface area contributed by atoms with Crippen LogP contribution >= 0.6 is 0 Å². The lowest BCUT2D eigenvalue weighted by Gasteiger charge is -2.04. The third-order valence-electron chi connectivity index (χ3n) is 2.54. The predicted octanol–water partition coefficient (Wildman–Crippen LogP) is 2.59. The highest BCUT2D eigenvalue weighted by Crippen LogP contribution is 2.08. The summed E-state index contributed by atoms with van der Waals surface area (Å²) in [5.41, 5.74) is 1.90. The van der Waals surface area contributed by atoms with Crippen LogP contribution < -0.4 is 5.32 Å². The van der Waals surface area contributed by atoms with Crippen LogP contribution in [0.3, 0.4) is 0 Å². The third-order valence-corrected chi connectivity index (χ3v) is 2.54. The van der Waals surface area contributed by atoms with Crippen LogP contribution in [0.4, 0.5) is 8.78 Å². The Hall–Kier alpha value is -1.68. The number of halogens is 2. The summed E-state index contributed by atoms with van der Waals surface area (Å²) in [5, 5.41) is 3.18. The van der Waals surface area contributed by atoms with Gasteiger partial charge in [-0.2, -0.15) is 0 Å². The maximum absolute atomic E-state index is 12.9. The number of aryl methyl sites for hydroxylation is 1. The van der Waals surface area contributed by atoms with Gasteiger partial charge in [-0.15, -0.1) is 0 Å². The first kappa shape index (κ1) is 11.8. The molecule has 1 heterocycles. The minimum Gasteiger partial charge on any atom is -0.357 e. The van der Waals surface area contributed by atoms with Gasteiger partial charge in [0, 0.05) is 32.5 Å². The van der Waals surface area contributed by atoms with E-state index in [-0.39, 0.29) is 0 Å². The topological polar surface area (TPSA) is 17.0 Å². The highest BCUT2D eigenvalue weighted by molar-refractivity contribution is 5.18. The highest BCUT2D eigenvalue weighted by atomic mass is 19.2. The van der Waals surface area contributed by atoms with E-state index in [9.17, 15) is 8.78 Å². The van der Waals surface area contributed by atoms with Crippen molar-refractivity contribution in [1.82, 2.24) is 9.88 Å². The van der Waals surface area contributed by atoms with Gasteiger partial charge in [0.25, 0.3) is 0 Å². The van der Waals surface area contributed by atoms with E-state index >= 15 is 0 Å². The van der Waals surface area contributed by atoms with Crippen molar-refractivity contribution in [2.75, 3.05) is 0 Å². The number of nitrogens with zero attached hydrogens (tertiary/aromatic N) is 1. The van der Waals surface area contributed by atoms with Crippen molar-refractivity contribution < 1.29 is 8.78 Å². The number of aromatic nitrogens is 1. The molecule has 0 saturated heterocycles. The van der Waals surface area contributed by atoms with Gasteiger partial charge in [-0.25, -0.2) is 8.78 Å². The summed E-state index contributed by atoms with van der Waals surface area (Å²) in [6.45, 7) is 1.23.